The quantitative estimate of drug-likeness (QED) is 0.492. The lowest BCUT2D eigenvalue weighted by atomic mass is 10.2. The fourth-order valence-corrected chi connectivity index (χ4v) is 4.01. The van der Waals surface area contributed by atoms with Crippen molar-refractivity contribution in [2.45, 2.75) is 0 Å². The highest BCUT2D eigenvalue weighted by atomic mass is 79.9. The van der Waals surface area contributed by atoms with Gasteiger partial charge in [0.1, 0.15) is 17.1 Å². The summed E-state index contributed by atoms with van der Waals surface area (Å²) in [6.07, 6.45) is 1.55. The maximum absolute atomic E-state index is 13.3. The number of nitrogens with zero attached hydrogens (tertiary/aromatic N) is 3. The van der Waals surface area contributed by atoms with E-state index < -0.39 is 0 Å². The lowest BCUT2D eigenvalue weighted by Crippen LogP contribution is -2.49. The van der Waals surface area contributed by atoms with E-state index in [4.69, 9.17) is 16.3 Å². The number of hydrogen-bond acceptors (Lipinski definition) is 4. The Kier molecular flexibility index (Phi) is 6.20. The highest BCUT2D eigenvalue weighted by Gasteiger charge is 2.26. The number of ether oxygens (including phenoxy) is 1. The Hall–Kier alpha value is -2.64. The van der Waals surface area contributed by atoms with Crippen LogP contribution in [0.4, 0.5) is 10.1 Å². The maximum Gasteiger partial charge on any atom is 0.259 e. The predicted molar refractivity (Wildman–Crippen MR) is 118 cm³/mol. The molecule has 0 spiro atoms. The van der Waals surface area contributed by atoms with Crippen molar-refractivity contribution < 1.29 is 13.9 Å². The van der Waals surface area contributed by atoms with E-state index in [0.717, 1.165) is 5.69 Å². The summed E-state index contributed by atoms with van der Waals surface area (Å²) in [6, 6.07) is 15.1. The first-order valence-corrected chi connectivity index (χ1v) is 10.6. The first-order chi connectivity index (χ1) is 14.5. The third-order valence-corrected chi connectivity index (χ3v) is 5.80. The van der Waals surface area contributed by atoms with Gasteiger partial charge in [-0.05, 0) is 58.4 Å². The van der Waals surface area contributed by atoms with Crippen LogP contribution >= 0.6 is 27.5 Å². The monoisotopic (exact) mass is 489 g/mol. The van der Waals surface area contributed by atoms with Crippen LogP contribution in [0.2, 0.25) is 5.02 Å². The average molecular weight is 491 g/mol. The second kappa shape index (κ2) is 9.02. The van der Waals surface area contributed by atoms with Crippen molar-refractivity contribution in [1.29, 1.82) is 0 Å². The molecule has 2 heterocycles. The summed E-state index contributed by atoms with van der Waals surface area (Å²) in [6.45, 7) is 2.46. The topological polar surface area (TPSA) is 45.7 Å². The number of carbonyl (C=O) groups is 1. The van der Waals surface area contributed by atoms with Gasteiger partial charge in [0.2, 0.25) is 5.88 Å². The van der Waals surface area contributed by atoms with Gasteiger partial charge in [-0.3, -0.25) is 4.79 Å². The highest BCUT2D eigenvalue weighted by molar-refractivity contribution is 9.10. The molecule has 0 atom stereocenters. The van der Waals surface area contributed by atoms with E-state index in [9.17, 15) is 9.18 Å². The molecule has 1 aromatic heterocycles. The van der Waals surface area contributed by atoms with Crippen molar-refractivity contribution >= 4 is 39.1 Å². The van der Waals surface area contributed by atoms with Crippen LogP contribution in [0, 0.1) is 5.82 Å². The lowest BCUT2D eigenvalue weighted by molar-refractivity contribution is 0.0743. The van der Waals surface area contributed by atoms with Gasteiger partial charge in [-0.15, -0.1) is 0 Å². The lowest BCUT2D eigenvalue weighted by Gasteiger charge is -2.36. The molecule has 0 bridgehead atoms. The molecule has 1 saturated heterocycles. The van der Waals surface area contributed by atoms with Crippen LogP contribution < -0.4 is 9.64 Å². The SMILES string of the molecule is O=C(c1cccnc1Oc1ccc(F)cc1Br)N1CCN(c2ccccc2Cl)CC1. The minimum Gasteiger partial charge on any atom is -0.437 e. The zero-order chi connectivity index (χ0) is 21.1. The van der Waals surface area contributed by atoms with E-state index in [1.165, 1.54) is 18.2 Å². The first kappa shape index (κ1) is 20.6. The molecule has 0 unspecified atom stereocenters. The minimum absolute atomic E-state index is 0.157. The van der Waals surface area contributed by atoms with Gasteiger partial charge in [0, 0.05) is 32.4 Å². The summed E-state index contributed by atoms with van der Waals surface area (Å²) in [5.41, 5.74) is 1.33. The molecule has 2 aromatic carbocycles. The van der Waals surface area contributed by atoms with E-state index in [1.807, 2.05) is 24.3 Å². The summed E-state index contributed by atoms with van der Waals surface area (Å²) < 4.78 is 19.6. The van der Waals surface area contributed by atoms with Gasteiger partial charge < -0.3 is 14.5 Å². The molecule has 0 aliphatic carbocycles. The molecule has 8 heteroatoms. The molecule has 1 aliphatic heterocycles. The third-order valence-electron chi connectivity index (χ3n) is 4.86. The smallest absolute Gasteiger partial charge is 0.259 e. The van der Waals surface area contributed by atoms with E-state index in [0.29, 0.717) is 47.0 Å². The van der Waals surface area contributed by atoms with Crippen LogP contribution in [0.25, 0.3) is 0 Å². The number of carbonyl (C=O) groups excluding carboxylic acids is 1. The van der Waals surface area contributed by atoms with Crippen molar-refractivity contribution in [3.05, 3.63) is 81.7 Å². The third kappa shape index (κ3) is 4.42. The standard InChI is InChI=1S/C22H18BrClFN3O2/c23-17-14-15(25)7-8-20(17)30-21-16(4-3-9-26-21)22(29)28-12-10-27(11-13-28)19-6-2-1-5-18(19)24/h1-9,14H,10-13H2. The number of para-hydroxylation sites is 1. The molecular formula is C22H18BrClFN3O2. The second-order valence-corrected chi connectivity index (χ2v) is 8.03. The van der Waals surface area contributed by atoms with Crippen LogP contribution in [0.3, 0.4) is 0 Å². The molecule has 1 aliphatic rings. The summed E-state index contributed by atoms with van der Waals surface area (Å²) in [5.74, 6) is 0.0223. The van der Waals surface area contributed by atoms with Gasteiger partial charge in [-0.25, -0.2) is 9.37 Å². The van der Waals surface area contributed by atoms with E-state index in [-0.39, 0.29) is 17.6 Å². The summed E-state index contributed by atoms with van der Waals surface area (Å²) in [7, 11) is 0. The molecule has 154 valence electrons. The van der Waals surface area contributed by atoms with Gasteiger partial charge in [-0.1, -0.05) is 23.7 Å². The minimum atomic E-state index is -0.386. The van der Waals surface area contributed by atoms with Crippen molar-refractivity contribution in [2.24, 2.45) is 0 Å². The zero-order valence-electron chi connectivity index (χ0n) is 15.9. The van der Waals surface area contributed by atoms with Gasteiger partial charge >= 0.3 is 0 Å². The van der Waals surface area contributed by atoms with Gasteiger partial charge in [0.25, 0.3) is 5.91 Å². The van der Waals surface area contributed by atoms with Crippen molar-refractivity contribution in [1.82, 2.24) is 9.88 Å². The molecule has 0 N–H and O–H groups in total. The van der Waals surface area contributed by atoms with Crippen LogP contribution in [0.15, 0.2) is 65.3 Å². The number of hydrogen-bond donors (Lipinski definition) is 0. The Morgan fingerprint density at radius 1 is 1.07 bits per heavy atom. The molecule has 30 heavy (non-hydrogen) atoms. The summed E-state index contributed by atoms with van der Waals surface area (Å²) in [5, 5.41) is 0.699. The van der Waals surface area contributed by atoms with E-state index in [1.54, 1.807) is 23.2 Å². The molecule has 1 amide bonds. The predicted octanol–water partition coefficient (Wildman–Crippen LogP) is 5.39. The molecule has 4 rings (SSSR count). The van der Waals surface area contributed by atoms with Crippen LogP contribution in [0.5, 0.6) is 11.6 Å². The maximum atomic E-state index is 13.3. The average Bonchev–Trinajstić information content (AvgIpc) is 2.76. The van der Waals surface area contributed by atoms with Crippen molar-refractivity contribution in [3.8, 4) is 11.6 Å². The Bertz CT molecular complexity index is 1070. The van der Waals surface area contributed by atoms with E-state index in [2.05, 4.69) is 25.8 Å². The van der Waals surface area contributed by atoms with Crippen molar-refractivity contribution in [2.75, 3.05) is 31.1 Å². The molecule has 5 nitrogen and oxygen atoms in total. The van der Waals surface area contributed by atoms with Gasteiger partial charge in [0.15, 0.2) is 0 Å². The van der Waals surface area contributed by atoms with Crippen LogP contribution in [0.1, 0.15) is 10.4 Å². The second-order valence-electron chi connectivity index (χ2n) is 6.76. The molecule has 0 saturated carbocycles. The Balaban J connectivity index is 1.49. The largest absolute Gasteiger partial charge is 0.437 e. The molecule has 3 aromatic rings. The fraction of sp³-hybridized carbons (Fsp3) is 0.182. The van der Waals surface area contributed by atoms with Crippen LogP contribution in [-0.4, -0.2) is 42.0 Å². The normalized spacial score (nSPS) is 14.0. The number of halogens is 3. The first-order valence-electron chi connectivity index (χ1n) is 9.39. The number of rotatable bonds is 4. The van der Waals surface area contributed by atoms with Crippen molar-refractivity contribution in [3.63, 3.8) is 0 Å². The molecule has 1 fully saturated rings. The van der Waals surface area contributed by atoms with E-state index >= 15 is 0 Å². The number of piperazine rings is 1. The summed E-state index contributed by atoms with van der Waals surface area (Å²) >= 11 is 9.57. The molecular weight excluding hydrogens is 473 g/mol. The van der Waals surface area contributed by atoms with Gasteiger partial charge in [-0.2, -0.15) is 0 Å². The number of pyridine rings is 1. The highest BCUT2D eigenvalue weighted by Crippen LogP contribution is 2.32. The van der Waals surface area contributed by atoms with Gasteiger partial charge in [0.05, 0.1) is 15.2 Å². The summed E-state index contributed by atoms with van der Waals surface area (Å²) in [4.78, 5) is 21.3. The fourth-order valence-electron chi connectivity index (χ4n) is 3.33. The molecule has 0 radical (unpaired) electrons. The number of benzene rings is 2. The number of anilines is 1. The Morgan fingerprint density at radius 3 is 2.57 bits per heavy atom. The Morgan fingerprint density at radius 2 is 1.83 bits per heavy atom. The zero-order valence-corrected chi connectivity index (χ0v) is 18.2. The number of amides is 1. The Labute approximate surface area is 187 Å². The number of aromatic nitrogens is 1. The van der Waals surface area contributed by atoms with Crippen LogP contribution in [-0.2, 0) is 0 Å².